The highest BCUT2D eigenvalue weighted by Crippen LogP contribution is 2.17. The number of carboxylic acids is 1. The van der Waals surface area contributed by atoms with E-state index in [4.69, 9.17) is 10.8 Å². The molecule has 0 aliphatic rings. The van der Waals surface area contributed by atoms with Crippen LogP contribution in [0.15, 0.2) is 48.5 Å². The fraction of sp³-hybridized carbons (Fsp3) is 0.133. The molecule has 0 atom stereocenters. The molecule has 0 saturated heterocycles. The summed E-state index contributed by atoms with van der Waals surface area (Å²) in [5.74, 6) is -0.904. The molecule has 0 spiro atoms. The van der Waals surface area contributed by atoms with E-state index < -0.39 is 5.97 Å². The van der Waals surface area contributed by atoms with Crippen LogP contribution < -0.4 is 10.6 Å². The molecule has 3 N–H and O–H groups in total. The SMILES string of the molecule is CN(Cc1ccc(C(=O)O)cc1)c1ccc(N)cc1. The summed E-state index contributed by atoms with van der Waals surface area (Å²) in [4.78, 5) is 12.8. The zero-order valence-corrected chi connectivity index (χ0v) is 10.7. The van der Waals surface area contributed by atoms with Gasteiger partial charge in [-0.1, -0.05) is 12.1 Å². The second kappa shape index (κ2) is 5.44. The maximum Gasteiger partial charge on any atom is 0.335 e. The van der Waals surface area contributed by atoms with Crippen LogP contribution in [0, 0.1) is 0 Å². The summed E-state index contributed by atoms with van der Waals surface area (Å²) in [5, 5.41) is 8.84. The van der Waals surface area contributed by atoms with Crippen molar-refractivity contribution in [2.45, 2.75) is 6.54 Å². The molecule has 4 heteroatoms. The van der Waals surface area contributed by atoms with Crippen molar-refractivity contribution in [3.05, 3.63) is 59.7 Å². The number of nitrogens with two attached hydrogens (primary N) is 1. The molecule has 98 valence electrons. The van der Waals surface area contributed by atoms with Gasteiger partial charge in [0, 0.05) is 25.0 Å². The Balaban J connectivity index is 2.08. The molecule has 2 rings (SSSR count). The Morgan fingerprint density at radius 1 is 1.11 bits per heavy atom. The van der Waals surface area contributed by atoms with E-state index in [1.165, 1.54) is 0 Å². The Morgan fingerprint density at radius 3 is 2.21 bits per heavy atom. The predicted molar refractivity (Wildman–Crippen MR) is 76.4 cm³/mol. The average molecular weight is 256 g/mol. The van der Waals surface area contributed by atoms with E-state index in [1.54, 1.807) is 12.1 Å². The summed E-state index contributed by atoms with van der Waals surface area (Å²) >= 11 is 0. The number of carboxylic acid groups (broad SMARTS) is 1. The van der Waals surface area contributed by atoms with E-state index in [0.29, 0.717) is 12.1 Å². The van der Waals surface area contributed by atoms with Gasteiger partial charge in [-0.3, -0.25) is 0 Å². The number of rotatable bonds is 4. The van der Waals surface area contributed by atoms with E-state index in [0.717, 1.165) is 16.9 Å². The molecule has 0 bridgehead atoms. The fourth-order valence-electron chi connectivity index (χ4n) is 1.85. The first-order valence-corrected chi connectivity index (χ1v) is 5.95. The van der Waals surface area contributed by atoms with Gasteiger partial charge in [-0.15, -0.1) is 0 Å². The number of benzene rings is 2. The molecule has 0 fully saturated rings. The van der Waals surface area contributed by atoms with Crippen LogP contribution in [-0.4, -0.2) is 18.1 Å². The van der Waals surface area contributed by atoms with E-state index >= 15 is 0 Å². The standard InChI is InChI=1S/C15H16N2O2/c1-17(14-8-6-13(16)7-9-14)10-11-2-4-12(5-3-11)15(18)19/h2-9H,10,16H2,1H3,(H,18,19). The lowest BCUT2D eigenvalue weighted by molar-refractivity contribution is 0.0697. The molecule has 2 aromatic carbocycles. The van der Waals surface area contributed by atoms with Gasteiger partial charge in [-0.25, -0.2) is 4.79 Å². The van der Waals surface area contributed by atoms with Gasteiger partial charge in [-0.05, 0) is 42.0 Å². The van der Waals surface area contributed by atoms with Crippen LogP contribution in [-0.2, 0) is 6.54 Å². The number of anilines is 2. The van der Waals surface area contributed by atoms with Crippen molar-refractivity contribution < 1.29 is 9.90 Å². The van der Waals surface area contributed by atoms with Gasteiger partial charge < -0.3 is 15.7 Å². The molecular weight excluding hydrogens is 240 g/mol. The molecule has 0 aliphatic carbocycles. The lowest BCUT2D eigenvalue weighted by atomic mass is 10.1. The molecule has 0 aliphatic heterocycles. The van der Waals surface area contributed by atoms with Gasteiger partial charge in [0.1, 0.15) is 0 Å². The van der Waals surface area contributed by atoms with Gasteiger partial charge in [0.2, 0.25) is 0 Å². The van der Waals surface area contributed by atoms with E-state index in [1.807, 2.05) is 43.4 Å². The monoisotopic (exact) mass is 256 g/mol. The number of aromatic carboxylic acids is 1. The molecule has 0 unspecified atom stereocenters. The van der Waals surface area contributed by atoms with E-state index in [-0.39, 0.29) is 0 Å². The molecule has 19 heavy (non-hydrogen) atoms. The lowest BCUT2D eigenvalue weighted by Crippen LogP contribution is -2.16. The summed E-state index contributed by atoms with van der Waals surface area (Å²) < 4.78 is 0. The van der Waals surface area contributed by atoms with Crippen LogP contribution in [0.1, 0.15) is 15.9 Å². The first-order valence-electron chi connectivity index (χ1n) is 5.95. The average Bonchev–Trinajstić information content (AvgIpc) is 2.40. The highest BCUT2D eigenvalue weighted by molar-refractivity contribution is 5.87. The second-order valence-electron chi connectivity index (χ2n) is 4.45. The highest BCUT2D eigenvalue weighted by Gasteiger charge is 2.04. The fourth-order valence-corrected chi connectivity index (χ4v) is 1.85. The first kappa shape index (κ1) is 13.0. The topological polar surface area (TPSA) is 66.6 Å². The molecule has 0 saturated carbocycles. The number of carbonyl (C=O) groups is 1. The normalized spacial score (nSPS) is 10.2. The molecule has 2 aromatic rings. The van der Waals surface area contributed by atoms with Gasteiger partial charge in [0.15, 0.2) is 0 Å². The Hall–Kier alpha value is -2.49. The Kier molecular flexibility index (Phi) is 3.71. The highest BCUT2D eigenvalue weighted by atomic mass is 16.4. The Bertz CT molecular complexity index is 562. The minimum Gasteiger partial charge on any atom is -0.478 e. The van der Waals surface area contributed by atoms with Crippen LogP contribution in [0.2, 0.25) is 0 Å². The molecule has 0 heterocycles. The van der Waals surface area contributed by atoms with Gasteiger partial charge in [0.05, 0.1) is 5.56 Å². The lowest BCUT2D eigenvalue weighted by Gasteiger charge is -2.19. The number of nitrogens with zero attached hydrogens (tertiary/aromatic N) is 1. The zero-order valence-electron chi connectivity index (χ0n) is 10.7. The van der Waals surface area contributed by atoms with Crippen LogP contribution in [0.25, 0.3) is 0 Å². The predicted octanol–water partition coefficient (Wildman–Crippen LogP) is 2.60. The van der Waals surface area contributed by atoms with Crippen molar-refractivity contribution in [3.63, 3.8) is 0 Å². The van der Waals surface area contributed by atoms with Crippen LogP contribution >= 0.6 is 0 Å². The number of hydrogen-bond acceptors (Lipinski definition) is 3. The van der Waals surface area contributed by atoms with Crippen LogP contribution in [0.5, 0.6) is 0 Å². The van der Waals surface area contributed by atoms with Crippen molar-refractivity contribution in [3.8, 4) is 0 Å². The van der Waals surface area contributed by atoms with Gasteiger partial charge in [0.25, 0.3) is 0 Å². The first-order chi connectivity index (χ1) is 9.06. The Labute approximate surface area is 112 Å². The van der Waals surface area contributed by atoms with Crippen molar-refractivity contribution >= 4 is 17.3 Å². The maximum atomic E-state index is 10.8. The summed E-state index contributed by atoms with van der Waals surface area (Å²) in [5.41, 5.74) is 8.82. The van der Waals surface area contributed by atoms with E-state index in [9.17, 15) is 4.79 Å². The maximum absolute atomic E-state index is 10.8. The third-order valence-corrected chi connectivity index (χ3v) is 2.95. The minimum absolute atomic E-state index is 0.305. The molecular formula is C15H16N2O2. The summed E-state index contributed by atoms with van der Waals surface area (Å²) in [6.45, 7) is 0.712. The van der Waals surface area contributed by atoms with Gasteiger partial charge >= 0.3 is 5.97 Å². The summed E-state index contributed by atoms with van der Waals surface area (Å²) in [7, 11) is 1.98. The molecule has 0 amide bonds. The third-order valence-electron chi connectivity index (χ3n) is 2.95. The summed E-state index contributed by atoms with van der Waals surface area (Å²) in [6, 6.07) is 14.5. The zero-order chi connectivity index (χ0) is 13.8. The van der Waals surface area contributed by atoms with Crippen molar-refractivity contribution in [1.82, 2.24) is 0 Å². The third kappa shape index (κ3) is 3.25. The Morgan fingerprint density at radius 2 is 1.68 bits per heavy atom. The second-order valence-corrected chi connectivity index (χ2v) is 4.45. The minimum atomic E-state index is -0.904. The smallest absolute Gasteiger partial charge is 0.335 e. The molecule has 4 nitrogen and oxygen atoms in total. The molecule has 0 radical (unpaired) electrons. The quantitative estimate of drug-likeness (QED) is 0.825. The van der Waals surface area contributed by atoms with Crippen molar-refractivity contribution in [2.24, 2.45) is 0 Å². The van der Waals surface area contributed by atoms with Crippen molar-refractivity contribution in [2.75, 3.05) is 17.7 Å². The number of nitrogen functional groups attached to an aromatic ring is 1. The summed E-state index contributed by atoms with van der Waals surface area (Å²) in [6.07, 6.45) is 0. The van der Waals surface area contributed by atoms with Crippen LogP contribution in [0.3, 0.4) is 0 Å². The molecule has 0 aromatic heterocycles. The van der Waals surface area contributed by atoms with Crippen molar-refractivity contribution in [1.29, 1.82) is 0 Å². The largest absolute Gasteiger partial charge is 0.478 e. The van der Waals surface area contributed by atoms with E-state index in [2.05, 4.69) is 4.90 Å². The van der Waals surface area contributed by atoms with Gasteiger partial charge in [-0.2, -0.15) is 0 Å². The number of hydrogen-bond donors (Lipinski definition) is 2. The van der Waals surface area contributed by atoms with Crippen LogP contribution in [0.4, 0.5) is 11.4 Å².